The van der Waals surface area contributed by atoms with Crippen LogP contribution in [0.15, 0.2) is 47.3 Å². The van der Waals surface area contributed by atoms with Crippen molar-refractivity contribution in [2.75, 3.05) is 48.7 Å². The van der Waals surface area contributed by atoms with Crippen molar-refractivity contribution in [1.82, 2.24) is 34.4 Å². The van der Waals surface area contributed by atoms with E-state index in [9.17, 15) is 0 Å². The van der Waals surface area contributed by atoms with Gasteiger partial charge >= 0.3 is 0 Å². The number of hydrogen-bond acceptors (Lipinski definition) is 10. The zero-order chi connectivity index (χ0) is 22.2. The van der Waals surface area contributed by atoms with E-state index in [1.165, 1.54) is 17.4 Å². The maximum atomic E-state index is 6.21. The van der Waals surface area contributed by atoms with Gasteiger partial charge in [0.2, 0.25) is 11.8 Å². The molecule has 2 aliphatic rings. The minimum atomic E-state index is 0.451. The largest absolute Gasteiger partial charge is 0.461 e. The smallest absolute Gasteiger partial charge is 0.256 e. The molecular formula is C22H26N10O. The second kappa shape index (κ2) is 8.32. The normalized spacial score (nSPS) is 21.3. The molecular weight excluding hydrogens is 420 g/mol. The molecule has 170 valence electrons. The minimum absolute atomic E-state index is 0.451. The van der Waals surface area contributed by atoms with Crippen LogP contribution in [0.3, 0.4) is 0 Å². The van der Waals surface area contributed by atoms with E-state index >= 15 is 0 Å². The first-order valence-electron chi connectivity index (χ1n) is 11.3. The summed E-state index contributed by atoms with van der Waals surface area (Å²) in [5, 5.41) is 7.86. The Balaban J connectivity index is 1.08. The first kappa shape index (κ1) is 19.9. The van der Waals surface area contributed by atoms with Gasteiger partial charge in [0.25, 0.3) is 5.78 Å². The number of furan rings is 1. The lowest BCUT2D eigenvalue weighted by atomic mass is 9.91. The Morgan fingerprint density at radius 1 is 1.09 bits per heavy atom. The Kier molecular flexibility index (Phi) is 5.02. The molecule has 2 saturated heterocycles. The molecule has 0 saturated carbocycles. The number of aromatic nitrogens is 6. The van der Waals surface area contributed by atoms with Crippen molar-refractivity contribution in [3.63, 3.8) is 0 Å². The summed E-state index contributed by atoms with van der Waals surface area (Å²) < 4.78 is 6.92. The molecule has 2 atom stereocenters. The Bertz CT molecular complexity index is 1220. The predicted octanol–water partition coefficient (Wildman–Crippen LogP) is 1.77. The Labute approximate surface area is 190 Å². The van der Waals surface area contributed by atoms with E-state index in [-0.39, 0.29) is 0 Å². The fourth-order valence-electron chi connectivity index (χ4n) is 4.80. The number of fused-ring (bicyclic) bond motifs is 2. The molecule has 6 heterocycles. The van der Waals surface area contributed by atoms with E-state index in [1.54, 1.807) is 18.4 Å². The number of rotatable bonds is 5. The van der Waals surface area contributed by atoms with Gasteiger partial charge in [0.1, 0.15) is 11.6 Å². The van der Waals surface area contributed by atoms with Crippen LogP contribution in [0.2, 0.25) is 0 Å². The molecule has 0 amide bonds. The summed E-state index contributed by atoms with van der Waals surface area (Å²) in [6.45, 7) is 4.90. The zero-order valence-corrected chi connectivity index (χ0v) is 18.2. The lowest BCUT2D eigenvalue weighted by molar-refractivity contribution is 0.0993. The highest BCUT2D eigenvalue weighted by Crippen LogP contribution is 2.27. The van der Waals surface area contributed by atoms with Crippen LogP contribution in [0.4, 0.5) is 17.6 Å². The summed E-state index contributed by atoms with van der Waals surface area (Å²) in [7, 11) is 0. The molecule has 3 N–H and O–H groups in total. The summed E-state index contributed by atoms with van der Waals surface area (Å²) in [5.74, 6) is 4.09. The molecule has 0 spiro atoms. The lowest BCUT2D eigenvalue weighted by Gasteiger charge is -2.46. The third kappa shape index (κ3) is 3.95. The van der Waals surface area contributed by atoms with Crippen molar-refractivity contribution in [1.29, 1.82) is 0 Å². The molecule has 0 aromatic carbocycles. The number of nitrogens with two attached hydrogens (primary N) is 1. The van der Waals surface area contributed by atoms with Gasteiger partial charge in [0.05, 0.1) is 6.26 Å². The van der Waals surface area contributed by atoms with Crippen molar-refractivity contribution in [2.45, 2.75) is 18.9 Å². The van der Waals surface area contributed by atoms with Crippen LogP contribution < -0.4 is 16.0 Å². The Hall–Kier alpha value is -3.73. The second-order valence-electron chi connectivity index (χ2n) is 8.66. The van der Waals surface area contributed by atoms with Gasteiger partial charge in [-0.2, -0.15) is 14.5 Å². The van der Waals surface area contributed by atoms with Crippen molar-refractivity contribution >= 4 is 23.4 Å². The van der Waals surface area contributed by atoms with Crippen molar-refractivity contribution in [2.24, 2.45) is 5.92 Å². The van der Waals surface area contributed by atoms with E-state index in [0.717, 1.165) is 38.7 Å². The summed E-state index contributed by atoms with van der Waals surface area (Å²) >= 11 is 0. The molecule has 4 aromatic heterocycles. The maximum Gasteiger partial charge on any atom is 0.256 e. The molecule has 2 fully saturated rings. The summed E-state index contributed by atoms with van der Waals surface area (Å²) in [5.41, 5.74) is 6.21. The van der Waals surface area contributed by atoms with Crippen LogP contribution in [0, 0.1) is 5.92 Å². The molecule has 0 bridgehead atoms. The van der Waals surface area contributed by atoms with E-state index in [1.807, 2.05) is 24.5 Å². The highest BCUT2D eigenvalue weighted by Gasteiger charge is 2.33. The second-order valence-corrected chi connectivity index (χ2v) is 8.66. The van der Waals surface area contributed by atoms with E-state index < -0.39 is 0 Å². The van der Waals surface area contributed by atoms with Crippen molar-refractivity contribution in [3.05, 3.63) is 42.9 Å². The molecule has 11 heteroatoms. The van der Waals surface area contributed by atoms with Crippen LogP contribution in [0.1, 0.15) is 12.8 Å². The lowest BCUT2D eigenvalue weighted by Crippen LogP contribution is -2.57. The number of nitrogens with zero attached hydrogens (tertiary/aromatic N) is 8. The van der Waals surface area contributed by atoms with Crippen molar-refractivity contribution in [3.8, 4) is 11.6 Å². The highest BCUT2D eigenvalue weighted by molar-refractivity contribution is 5.56. The number of nitrogens with one attached hydrogen (secondary N) is 1. The van der Waals surface area contributed by atoms with Crippen LogP contribution >= 0.6 is 0 Å². The number of hydrogen-bond donors (Lipinski definition) is 2. The molecule has 0 aliphatic carbocycles. The van der Waals surface area contributed by atoms with E-state index in [2.05, 4.69) is 40.2 Å². The van der Waals surface area contributed by atoms with Gasteiger partial charge in [0.15, 0.2) is 5.76 Å². The highest BCUT2D eigenvalue weighted by atomic mass is 16.3. The molecule has 2 unspecified atom stereocenters. The topological polar surface area (TPSA) is 127 Å². The van der Waals surface area contributed by atoms with Gasteiger partial charge in [-0.1, -0.05) is 0 Å². The van der Waals surface area contributed by atoms with Crippen LogP contribution in [-0.4, -0.2) is 73.2 Å². The zero-order valence-electron chi connectivity index (χ0n) is 18.2. The van der Waals surface area contributed by atoms with Crippen LogP contribution in [-0.2, 0) is 0 Å². The standard InChI is InChI=1S/C22H26N10O/c23-18-11-19(27-22-28-20(29-32(18)22)17-3-1-10-33-17)26-12-15-4-5-16-14-31(9-8-30(16)13-15)21-24-6-2-7-25-21/h1-3,6-7,10-11,15-16H,4-5,8-9,12-14,23H2,(H,26,27,28,29). The quantitative estimate of drug-likeness (QED) is 0.468. The van der Waals surface area contributed by atoms with Crippen LogP contribution in [0.25, 0.3) is 17.4 Å². The minimum Gasteiger partial charge on any atom is -0.461 e. The van der Waals surface area contributed by atoms with Crippen LogP contribution in [0.5, 0.6) is 0 Å². The number of nitrogen functional groups attached to an aromatic ring is 1. The summed E-state index contributed by atoms with van der Waals surface area (Å²) in [6.07, 6.45) is 7.55. The summed E-state index contributed by atoms with van der Waals surface area (Å²) in [4.78, 5) is 22.8. The number of piperazine rings is 1. The van der Waals surface area contributed by atoms with E-state index in [0.29, 0.717) is 41.0 Å². The fourth-order valence-corrected chi connectivity index (χ4v) is 4.80. The number of piperidine rings is 1. The first-order valence-corrected chi connectivity index (χ1v) is 11.3. The van der Waals surface area contributed by atoms with Gasteiger partial charge in [-0.3, -0.25) is 4.90 Å². The maximum absolute atomic E-state index is 6.21. The molecule has 33 heavy (non-hydrogen) atoms. The SMILES string of the molecule is Nc1cc(NCC2CCC3CN(c4ncccn4)CCN3C2)nc2nc(-c3ccco3)nn12. The Morgan fingerprint density at radius 2 is 2.00 bits per heavy atom. The molecule has 4 aromatic rings. The van der Waals surface area contributed by atoms with Gasteiger partial charge in [-0.05, 0) is 37.0 Å². The van der Waals surface area contributed by atoms with Gasteiger partial charge in [-0.25, -0.2) is 9.97 Å². The predicted molar refractivity (Wildman–Crippen MR) is 124 cm³/mol. The molecule has 0 radical (unpaired) electrons. The fraction of sp³-hybridized carbons (Fsp3) is 0.409. The third-order valence-electron chi connectivity index (χ3n) is 6.49. The Morgan fingerprint density at radius 3 is 2.85 bits per heavy atom. The van der Waals surface area contributed by atoms with Gasteiger partial charge < -0.3 is 20.4 Å². The number of anilines is 3. The van der Waals surface area contributed by atoms with E-state index in [4.69, 9.17) is 10.2 Å². The summed E-state index contributed by atoms with van der Waals surface area (Å²) in [6, 6.07) is 7.83. The average molecular weight is 447 g/mol. The third-order valence-corrected chi connectivity index (χ3v) is 6.49. The molecule has 6 rings (SSSR count). The monoisotopic (exact) mass is 446 g/mol. The molecule has 11 nitrogen and oxygen atoms in total. The first-order chi connectivity index (χ1) is 16.2. The average Bonchev–Trinajstić information content (AvgIpc) is 3.53. The van der Waals surface area contributed by atoms with Gasteiger partial charge in [0, 0.05) is 57.2 Å². The van der Waals surface area contributed by atoms with Crippen molar-refractivity contribution < 1.29 is 4.42 Å². The van der Waals surface area contributed by atoms with Gasteiger partial charge in [-0.15, -0.1) is 5.10 Å². The molecule has 2 aliphatic heterocycles.